The van der Waals surface area contributed by atoms with Gasteiger partial charge in [-0.25, -0.2) is 4.98 Å². The molecule has 1 atom stereocenters. The van der Waals surface area contributed by atoms with Gasteiger partial charge in [-0.2, -0.15) is 5.26 Å². The van der Waals surface area contributed by atoms with E-state index in [9.17, 15) is 9.90 Å². The Morgan fingerprint density at radius 1 is 1.22 bits per heavy atom. The lowest BCUT2D eigenvalue weighted by Gasteiger charge is -2.41. The maximum absolute atomic E-state index is 13.4. The van der Waals surface area contributed by atoms with Crippen LogP contribution >= 0.6 is 0 Å². The third-order valence-electron chi connectivity index (χ3n) is 6.75. The number of carbonyl (C=O) groups excluding carboxylic acids is 1. The van der Waals surface area contributed by atoms with E-state index in [1.807, 2.05) is 19.1 Å². The van der Waals surface area contributed by atoms with Crippen molar-refractivity contribution in [1.82, 2.24) is 9.88 Å². The van der Waals surface area contributed by atoms with Gasteiger partial charge in [-0.15, -0.1) is 0 Å². The fourth-order valence-corrected chi connectivity index (χ4v) is 5.11. The van der Waals surface area contributed by atoms with E-state index in [4.69, 9.17) is 5.26 Å². The average Bonchev–Trinajstić information content (AvgIpc) is 2.98. The lowest BCUT2D eigenvalue weighted by Crippen LogP contribution is -2.50. The summed E-state index contributed by atoms with van der Waals surface area (Å²) in [5.41, 5.74) is 1.06. The van der Waals surface area contributed by atoms with Crippen LogP contribution in [0.4, 0.5) is 5.82 Å². The molecule has 0 aromatic carbocycles. The van der Waals surface area contributed by atoms with E-state index in [0.29, 0.717) is 17.5 Å². The molecule has 6 nitrogen and oxygen atoms in total. The van der Waals surface area contributed by atoms with Gasteiger partial charge in [-0.3, -0.25) is 4.79 Å². The molecule has 0 radical (unpaired) electrons. The molecule has 1 aromatic rings. The third kappa shape index (κ3) is 3.29. The van der Waals surface area contributed by atoms with E-state index in [1.54, 1.807) is 0 Å². The summed E-state index contributed by atoms with van der Waals surface area (Å²) in [6.07, 6.45) is 6.11. The van der Waals surface area contributed by atoms with E-state index in [-0.39, 0.29) is 11.5 Å². The predicted octanol–water partition coefficient (Wildman–Crippen LogP) is 2.38. The number of nitriles is 1. The monoisotopic (exact) mass is 368 g/mol. The topological polar surface area (TPSA) is 80.5 Å². The highest BCUT2D eigenvalue weighted by atomic mass is 16.3. The normalized spacial score (nSPS) is 31.4. The summed E-state index contributed by atoms with van der Waals surface area (Å²) in [6.45, 7) is 4.33. The molecule has 1 saturated carbocycles. The first-order valence-corrected chi connectivity index (χ1v) is 10.1. The number of pyridine rings is 1. The van der Waals surface area contributed by atoms with Crippen LogP contribution in [-0.4, -0.2) is 52.7 Å². The van der Waals surface area contributed by atoms with Crippen molar-refractivity contribution in [2.24, 2.45) is 5.41 Å². The molecule has 0 unspecified atom stereocenters. The molecule has 1 N–H and O–H groups in total. The lowest BCUT2D eigenvalue weighted by molar-refractivity contribution is -0.139. The number of aliphatic hydroxyl groups excluding tert-OH is 1. The van der Waals surface area contributed by atoms with Crippen molar-refractivity contribution in [1.29, 1.82) is 5.26 Å². The average molecular weight is 368 g/mol. The van der Waals surface area contributed by atoms with Crippen molar-refractivity contribution in [3.63, 3.8) is 0 Å². The quantitative estimate of drug-likeness (QED) is 0.867. The highest BCUT2D eigenvalue weighted by Gasteiger charge is 2.50. The van der Waals surface area contributed by atoms with Crippen molar-refractivity contribution in [2.45, 2.75) is 64.0 Å². The van der Waals surface area contributed by atoms with Crippen LogP contribution in [0.1, 0.15) is 56.2 Å². The van der Waals surface area contributed by atoms with Crippen LogP contribution in [-0.2, 0) is 4.79 Å². The van der Waals surface area contributed by atoms with Crippen molar-refractivity contribution < 1.29 is 9.90 Å². The standard InChI is InChI=1S/C21H28N4O2/c1-15-16(13-22)3-8-19(23-15)24-11-2-9-21(14-24)10-12-25(20(21)27)17-4-6-18(26)7-5-17/h3,8,17-18,26H,2,4-7,9-12,14H2,1H3/t17?,18?,21-/m0/s1. The number of likely N-dealkylation sites (tertiary alicyclic amines) is 1. The van der Waals surface area contributed by atoms with Gasteiger partial charge in [-0.1, -0.05) is 0 Å². The van der Waals surface area contributed by atoms with Gasteiger partial charge in [-0.05, 0) is 64.0 Å². The molecule has 1 aliphatic carbocycles. The number of anilines is 1. The number of carbonyl (C=O) groups is 1. The predicted molar refractivity (Wildman–Crippen MR) is 102 cm³/mol. The number of aryl methyl sites for hydroxylation is 1. The van der Waals surface area contributed by atoms with E-state index in [1.165, 1.54) is 0 Å². The maximum Gasteiger partial charge on any atom is 0.230 e. The first kappa shape index (κ1) is 18.2. The lowest BCUT2D eigenvalue weighted by atomic mass is 9.78. The first-order valence-electron chi connectivity index (χ1n) is 10.1. The van der Waals surface area contributed by atoms with Crippen LogP contribution in [0.2, 0.25) is 0 Å². The number of piperidine rings is 1. The molecule has 2 aliphatic heterocycles. The summed E-state index contributed by atoms with van der Waals surface area (Å²) in [6, 6.07) is 6.20. The minimum Gasteiger partial charge on any atom is -0.393 e. The molecular weight excluding hydrogens is 340 g/mol. The molecule has 2 saturated heterocycles. The molecule has 3 heterocycles. The number of nitrogens with zero attached hydrogens (tertiary/aromatic N) is 4. The van der Waals surface area contributed by atoms with Gasteiger partial charge in [0.15, 0.2) is 0 Å². The summed E-state index contributed by atoms with van der Waals surface area (Å²) in [4.78, 5) is 22.3. The van der Waals surface area contributed by atoms with Crippen molar-refractivity contribution in [3.05, 3.63) is 23.4 Å². The summed E-state index contributed by atoms with van der Waals surface area (Å²) in [5.74, 6) is 1.18. The smallest absolute Gasteiger partial charge is 0.230 e. The zero-order chi connectivity index (χ0) is 19.0. The highest BCUT2D eigenvalue weighted by molar-refractivity contribution is 5.86. The van der Waals surface area contributed by atoms with Crippen LogP contribution in [0.25, 0.3) is 0 Å². The SMILES string of the molecule is Cc1nc(N2CCC[C@]3(CCN(C4CCC(O)CC4)C3=O)C2)ccc1C#N. The Kier molecular flexibility index (Phi) is 4.81. The second-order valence-corrected chi connectivity index (χ2v) is 8.43. The number of aliphatic hydroxyl groups is 1. The van der Waals surface area contributed by atoms with Gasteiger partial charge in [0.25, 0.3) is 0 Å². The third-order valence-corrected chi connectivity index (χ3v) is 6.75. The van der Waals surface area contributed by atoms with Gasteiger partial charge >= 0.3 is 0 Å². The summed E-state index contributed by atoms with van der Waals surface area (Å²) < 4.78 is 0. The van der Waals surface area contributed by atoms with E-state index in [0.717, 1.165) is 76.1 Å². The van der Waals surface area contributed by atoms with Crippen LogP contribution < -0.4 is 4.90 Å². The molecule has 0 bridgehead atoms. The van der Waals surface area contributed by atoms with Crippen LogP contribution in [0, 0.1) is 23.7 Å². The maximum atomic E-state index is 13.4. The Morgan fingerprint density at radius 2 is 2.00 bits per heavy atom. The van der Waals surface area contributed by atoms with Crippen LogP contribution in [0.5, 0.6) is 0 Å². The van der Waals surface area contributed by atoms with Gasteiger partial charge < -0.3 is 14.9 Å². The van der Waals surface area contributed by atoms with Gasteiger partial charge in [0.1, 0.15) is 11.9 Å². The molecular formula is C21H28N4O2. The number of hydrogen-bond acceptors (Lipinski definition) is 5. The molecule has 144 valence electrons. The summed E-state index contributed by atoms with van der Waals surface area (Å²) in [7, 11) is 0. The molecule has 3 aliphatic rings. The number of hydrogen-bond donors (Lipinski definition) is 1. The number of amides is 1. The molecule has 1 amide bonds. The molecule has 1 aromatic heterocycles. The van der Waals surface area contributed by atoms with Crippen LogP contribution in [0.3, 0.4) is 0 Å². The zero-order valence-electron chi connectivity index (χ0n) is 16.0. The van der Waals surface area contributed by atoms with E-state index >= 15 is 0 Å². The second-order valence-electron chi connectivity index (χ2n) is 8.43. The van der Waals surface area contributed by atoms with Crippen LogP contribution in [0.15, 0.2) is 12.1 Å². The Hall–Kier alpha value is -2.13. The highest BCUT2D eigenvalue weighted by Crippen LogP contribution is 2.43. The summed E-state index contributed by atoms with van der Waals surface area (Å²) in [5, 5.41) is 18.9. The van der Waals surface area contributed by atoms with Gasteiger partial charge in [0.05, 0.1) is 22.8 Å². The second kappa shape index (κ2) is 7.12. The fraction of sp³-hybridized carbons (Fsp3) is 0.667. The van der Waals surface area contributed by atoms with Crippen molar-refractivity contribution >= 4 is 11.7 Å². The number of aromatic nitrogens is 1. The Labute approximate surface area is 160 Å². The Morgan fingerprint density at radius 3 is 2.70 bits per heavy atom. The molecule has 27 heavy (non-hydrogen) atoms. The van der Waals surface area contributed by atoms with Crippen molar-refractivity contribution in [3.8, 4) is 6.07 Å². The minimum absolute atomic E-state index is 0.191. The summed E-state index contributed by atoms with van der Waals surface area (Å²) >= 11 is 0. The Bertz CT molecular complexity index is 766. The van der Waals surface area contributed by atoms with Gasteiger partial charge in [0.2, 0.25) is 5.91 Å². The van der Waals surface area contributed by atoms with E-state index in [2.05, 4.69) is 20.9 Å². The molecule has 4 rings (SSSR count). The van der Waals surface area contributed by atoms with Gasteiger partial charge in [0, 0.05) is 25.7 Å². The first-order chi connectivity index (χ1) is 13.0. The number of rotatable bonds is 2. The fourth-order valence-electron chi connectivity index (χ4n) is 5.11. The molecule has 1 spiro atoms. The zero-order valence-corrected chi connectivity index (χ0v) is 16.0. The molecule has 3 fully saturated rings. The minimum atomic E-state index is -0.294. The molecule has 6 heteroatoms. The Balaban J connectivity index is 1.50. The van der Waals surface area contributed by atoms with E-state index < -0.39 is 0 Å². The van der Waals surface area contributed by atoms with Crippen molar-refractivity contribution in [2.75, 3.05) is 24.5 Å². The largest absolute Gasteiger partial charge is 0.393 e.